The molecule has 1 aromatic heterocycles. The number of aliphatic hydroxyl groups is 1. The Morgan fingerprint density at radius 1 is 1.57 bits per heavy atom. The van der Waals surface area contributed by atoms with Crippen LogP contribution in [0, 0.1) is 5.92 Å². The minimum absolute atomic E-state index is 0.0333. The Bertz CT molecular complexity index is 572. The molecule has 0 radical (unpaired) electrons. The Hall–Kier alpha value is -1.14. The Labute approximate surface area is 132 Å². The van der Waals surface area contributed by atoms with Crippen LogP contribution in [0.25, 0.3) is 0 Å². The summed E-state index contributed by atoms with van der Waals surface area (Å²) in [5, 5.41) is 12.6. The topological polar surface area (TPSA) is 71.3 Å². The molecule has 0 bridgehead atoms. The van der Waals surface area contributed by atoms with E-state index in [0.717, 1.165) is 30.2 Å². The number of pyridine rings is 1. The fraction of sp³-hybridized carbons (Fsp3) is 0.600. The molecule has 21 heavy (non-hydrogen) atoms. The first-order valence-electron chi connectivity index (χ1n) is 7.22. The highest BCUT2D eigenvalue weighted by molar-refractivity contribution is 9.10. The van der Waals surface area contributed by atoms with Gasteiger partial charge in [0.2, 0.25) is 5.91 Å². The first-order chi connectivity index (χ1) is 9.94. The van der Waals surface area contributed by atoms with Crippen molar-refractivity contribution in [1.29, 1.82) is 0 Å². The summed E-state index contributed by atoms with van der Waals surface area (Å²) in [4.78, 5) is 23.9. The smallest absolute Gasteiger partial charge is 0.251 e. The fourth-order valence-electron chi connectivity index (χ4n) is 3.07. The number of nitrogens with zero attached hydrogens (tertiary/aromatic N) is 1. The fourth-order valence-corrected chi connectivity index (χ4v) is 3.45. The Balaban J connectivity index is 2.06. The maximum Gasteiger partial charge on any atom is 0.251 e. The van der Waals surface area contributed by atoms with E-state index in [-0.39, 0.29) is 24.6 Å². The van der Waals surface area contributed by atoms with Gasteiger partial charge in [0.15, 0.2) is 0 Å². The van der Waals surface area contributed by atoms with Crippen LogP contribution in [0.3, 0.4) is 0 Å². The molecule has 1 aliphatic rings. The van der Waals surface area contributed by atoms with Crippen molar-refractivity contribution in [2.75, 3.05) is 6.61 Å². The van der Waals surface area contributed by atoms with Gasteiger partial charge in [0.05, 0.1) is 12.1 Å². The standard InChI is InChI=1S/C15H21BrN2O3/c1-11-3-2-6-15(7-11,10-19)17-13(20)9-18-8-12(16)4-5-14(18)21/h4-5,8,11,19H,2-3,6-7,9-10H2,1H3,(H,17,20). The number of nitrogens with one attached hydrogen (secondary N) is 1. The second kappa shape index (κ2) is 6.75. The SMILES string of the molecule is CC1CCCC(CO)(NC(=O)Cn2cc(Br)ccc2=O)C1. The highest BCUT2D eigenvalue weighted by atomic mass is 79.9. The zero-order valence-electron chi connectivity index (χ0n) is 12.1. The van der Waals surface area contributed by atoms with Gasteiger partial charge in [-0.2, -0.15) is 0 Å². The van der Waals surface area contributed by atoms with Crippen LogP contribution in [-0.4, -0.2) is 27.7 Å². The summed E-state index contributed by atoms with van der Waals surface area (Å²) in [6.45, 7) is 2.04. The molecule has 1 amide bonds. The third kappa shape index (κ3) is 4.17. The summed E-state index contributed by atoms with van der Waals surface area (Å²) in [5.74, 6) is 0.248. The second-order valence-electron chi connectivity index (χ2n) is 6.00. The van der Waals surface area contributed by atoms with Gasteiger partial charge >= 0.3 is 0 Å². The quantitative estimate of drug-likeness (QED) is 0.861. The number of hydrogen-bond donors (Lipinski definition) is 2. The predicted molar refractivity (Wildman–Crippen MR) is 84.0 cm³/mol. The van der Waals surface area contributed by atoms with Gasteiger partial charge in [0.25, 0.3) is 5.56 Å². The van der Waals surface area contributed by atoms with Crippen molar-refractivity contribution in [1.82, 2.24) is 9.88 Å². The molecule has 0 aromatic carbocycles. The summed E-state index contributed by atoms with van der Waals surface area (Å²) < 4.78 is 2.11. The summed E-state index contributed by atoms with van der Waals surface area (Å²) in [7, 11) is 0. The molecule has 0 saturated heterocycles. The van der Waals surface area contributed by atoms with Crippen LogP contribution in [-0.2, 0) is 11.3 Å². The Morgan fingerprint density at radius 3 is 3.00 bits per heavy atom. The monoisotopic (exact) mass is 356 g/mol. The number of aliphatic hydroxyl groups excluding tert-OH is 1. The number of hydrogen-bond acceptors (Lipinski definition) is 3. The van der Waals surface area contributed by atoms with Crippen molar-refractivity contribution in [2.45, 2.75) is 44.7 Å². The van der Waals surface area contributed by atoms with Crippen molar-refractivity contribution < 1.29 is 9.90 Å². The lowest BCUT2D eigenvalue weighted by atomic mass is 9.77. The molecule has 0 aliphatic heterocycles. The number of carbonyl (C=O) groups is 1. The average molecular weight is 357 g/mol. The van der Waals surface area contributed by atoms with Gasteiger partial charge in [0.1, 0.15) is 6.54 Å². The van der Waals surface area contributed by atoms with E-state index >= 15 is 0 Å². The van der Waals surface area contributed by atoms with E-state index in [9.17, 15) is 14.7 Å². The number of rotatable bonds is 4. The molecule has 2 atom stereocenters. The van der Waals surface area contributed by atoms with Crippen molar-refractivity contribution >= 4 is 21.8 Å². The minimum Gasteiger partial charge on any atom is -0.394 e. The van der Waals surface area contributed by atoms with Gasteiger partial charge in [-0.05, 0) is 40.8 Å². The van der Waals surface area contributed by atoms with Crippen LogP contribution in [0.15, 0.2) is 27.6 Å². The van der Waals surface area contributed by atoms with Gasteiger partial charge < -0.3 is 15.0 Å². The van der Waals surface area contributed by atoms with Gasteiger partial charge in [-0.3, -0.25) is 9.59 Å². The van der Waals surface area contributed by atoms with Crippen LogP contribution in [0.4, 0.5) is 0 Å². The average Bonchev–Trinajstić information content (AvgIpc) is 2.43. The molecular weight excluding hydrogens is 336 g/mol. The van der Waals surface area contributed by atoms with Crippen molar-refractivity contribution in [3.05, 3.63) is 33.2 Å². The molecule has 6 heteroatoms. The molecular formula is C15H21BrN2O3. The number of carbonyl (C=O) groups excluding carboxylic acids is 1. The van der Waals surface area contributed by atoms with Crippen molar-refractivity contribution in [3.8, 4) is 0 Å². The van der Waals surface area contributed by atoms with E-state index in [1.807, 2.05) is 0 Å². The van der Waals surface area contributed by atoms with Gasteiger partial charge in [-0.15, -0.1) is 0 Å². The van der Waals surface area contributed by atoms with Crippen LogP contribution < -0.4 is 10.9 Å². The Kier molecular flexibility index (Phi) is 5.22. The molecule has 1 aliphatic carbocycles. The third-order valence-electron chi connectivity index (χ3n) is 4.06. The maximum absolute atomic E-state index is 12.2. The second-order valence-corrected chi connectivity index (χ2v) is 6.92. The molecule has 2 rings (SSSR count). The van der Waals surface area contributed by atoms with Gasteiger partial charge in [-0.25, -0.2) is 0 Å². The van der Waals surface area contributed by atoms with E-state index in [1.165, 1.54) is 10.6 Å². The largest absolute Gasteiger partial charge is 0.394 e. The maximum atomic E-state index is 12.2. The van der Waals surface area contributed by atoms with E-state index in [4.69, 9.17) is 0 Å². The summed E-state index contributed by atoms with van der Waals surface area (Å²) in [6, 6.07) is 3.07. The first kappa shape index (κ1) is 16.2. The van der Waals surface area contributed by atoms with Gasteiger partial charge in [-0.1, -0.05) is 19.8 Å². The molecule has 2 N–H and O–H groups in total. The molecule has 5 nitrogen and oxygen atoms in total. The lowest BCUT2D eigenvalue weighted by Crippen LogP contribution is -2.54. The van der Waals surface area contributed by atoms with E-state index in [2.05, 4.69) is 28.2 Å². The third-order valence-corrected chi connectivity index (χ3v) is 4.53. The van der Waals surface area contributed by atoms with Crippen LogP contribution in [0.1, 0.15) is 32.6 Å². The van der Waals surface area contributed by atoms with Crippen LogP contribution >= 0.6 is 15.9 Å². The molecule has 2 unspecified atom stereocenters. The number of aromatic nitrogens is 1. The van der Waals surface area contributed by atoms with Gasteiger partial charge in [0, 0.05) is 16.7 Å². The van der Waals surface area contributed by atoms with Crippen molar-refractivity contribution in [2.24, 2.45) is 5.92 Å². The highest BCUT2D eigenvalue weighted by Gasteiger charge is 2.35. The lowest BCUT2D eigenvalue weighted by molar-refractivity contribution is -0.125. The minimum atomic E-state index is -0.537. The molecule has 0 spiro atoms. The van der Waals surface area contributed by atoms with Crippen molar-refractivity contribution in [3.63, 3.8) is 0 Å². The zero-order valence-corrected chi connectivity index (χ0v) is 13.7. The molecule has 1 aromatic rings. The summed E-state index contributed by atoms with van der Waals surface area (Å²) >= 11 is 3.29. The number of amides is 1. The predicted octanol–water partition coefficient (Wildman–Crippen LogP) is 1.67. The zero-order chi connectivity index (χ0) is 15.5. The summed E-state index contributed by atoms with van der Waals surface area (Å²) in [5.41, 5.74) is -0.756. The van der Waals surface area contributed by atoms with Crippen LogP contribution in [0.2, 0.25) is 0 Å². The Morgan fingerprint density at radius 2 is 2.33 bits per heavy atom. The van der Waals surface area contributed by atoms with Crippen LogP contribution in [0.5, 0.6) is 0 Å². The first-order valence-corrected chi connectivity index (χ1v) is 8.01. The van der Waals surface area contributed by atoms with E-state index < -0.39 is 5.54 Å². The molecule has 1 heterocycles. The molecule has 1 fully saturated rings. The lowest BCUT2D eigenvalue weighted by Gasteiger charge is -2.39. The molecule has 1 saturated carbocycles. The number of halogens is 1. The van der Waals surface area contributed by atoms with E-state index in [1.54, 1.807) is 12.3 Å². The van der Waals surface area contributed by atoms with E-state index in [0.29, 0.717) is 5.92 Å². The highest BCUT2D eigenvalue weighted by Crippen LogP contribution is 2.31. The normalized spacial score (nSPS) is 25.6. The molecule has 116 valence electrons. The summed E-state index contributed by atoms with van der Waals surface area (Å²) in [6.07, 6.45) is 5.29.